The van der Waals surface area contributed by atoms with E-state index in [0.29, 0.717) is 23.3 Å². The van der Waals surface area contributed by atoms with Gasteiger partial charge in [0.05, 0.1) is 11.6 Å². The Morgan fingerprint density at radius 1 is 1.11 bits per heavy atom. The Balaban J connectivity index is 2.06. The Labute approximate surface area is 103 Å². The maximum Gasteiger partial charge on any atom is 0.283 e. The fraction of sp³-hybridized carbons (Fsp3) is 0.0714. The molecule has 0 atom stereocenters. The second kappa shape index (κ2) is 4.41. The highest BCUT2D eigenvalue weighted by molar-refractivity contribution is 5.73. The van der Waals surface area contributed by atoms with Crippen molar-refractivity contribution in [1.29, 1.82) is 0 Å². The van der Waals surface area contributed by atoms with E-state index in [0.717, 1.165) is 5.56 Å². The second-order valence-corrected chi connectivity index (χ2v) is 3.95. The molecule has 0 radical (unpaired) electrons. The van der Waals surface area contributed by atoms with Crippen LogP contribution >= 0.6 is 0 Å². The van der Waals surface area contributed by atoms with Gasteiger partial charge in [-0.3, -0.25) is 9.78 Å². The predicted octanol–water partition coefficient (Wildman–Crippen LogP) is 2.17. The number of nitrogens with zero attached hydrogens (tertiary/aromatic N) is 2. The lowest BCUT2D eigenvalue weighted by molar-refractivity contribution is 0.517. The highest BCUT2D eigenvalue weighted by atomic mass is 16.3. The number of pyridine rings is 1. The van der Waals surface area contributed by atoms with Crippen LogP contribution in [-0.4, -0.2) is 9.97 Å². The molecular weight excluding hydrogens is 228 g/mol. The molecule has 0 aliphatic heterocycles. The van der Waals surface area contributed by atoms with Gasteiger partial charge in [0.2, 0.25) is 5.89 Å². The number of fused-ring (bicyclic) bond motifs is 1. The van der Waals surface area contributed by atoms with Crippen molar-refractivity contribution in [3.05, 3.63) is 70.6 Å². The number of hydrogen-bond donors (Lipinski definition) is 0. The summed E-state index contributed by atoms with van der Waals surface area (Å²) in [5.74, 6) is 0.409. The fourth-order valence-electron chi connectivity index (χ4n) is 1.81. The van der Waals surface area contributed by atoms with Gasteiger partial charge in [0.15, 0.2) is 5.58 Å². The molecule has 18 heavy (non-hydrogen) atoms. The Morgan fingerprint density at radius 2 is 1.94 bits per heavy atom. The van der Waals surface area contributed by atoms with Crippen LogP contribution in [0.25, 0.3) is 11.0 Å². The highest BCUT2D eigenvalue weighted by Gasteiger charge is 2.06. The van der Waals surface area contributed by atoms with Crippen LogP contribution < -0.4 is 5.56 Å². The molecule has 88 valence electrons. The van der Waals surface area contributed by atoms with E-state index in [9.17, 15) is 4.79 Å². The third-order valence-electron chi connectivity index (χ3n) is 2.67. The van der Waals surface area contributed by atoms with Crippen LogP contribution in [-0.2, 0) is 6.42 Å². The molecule has 3 rings (SSSR count). The molecule has 0 spiro atoms. The molecule has 4 heteroatoms. The van der Waals surface area contributed by atoms with Crippen molar-refractivity contribution in [1.82, 2.24) is 9.97 Å². The summed E-state index contributed by atoms with van der Waals surface area (Å²) in [4.78, 5) is 19.7. The van der Waals surface area contributed by atoms with Crippen molar-refractivity contribution in [2.75, 3.05) is 0 Å². The largest absolute Gasteiger partial charge is 0.440 e. The smallest absolute Gasteiger partial charge is 0.283 e. The van der Waals surface area contributed by atoms with Crippen LogP contribution in [0.3, 0.4) is 0 Å². The summed E-state index contributed by atoms with van der Waals surface area (Å²) in [6, 6.07) is 11.4. The summed E-state index contributed by atoms with van der Waals surface area (Å²) in [5, 5.41) is 0.460. The molecule has 0 aliphatic rings. The average molecular weight is 238 g/mol. The molecule has 0 N–H and O–H groups in total. The van der Waals surface area contributed by atoms with E-state index >= 15 is 0 Å². The molecule has 0 unspecified atom stereocenters. The van der Waals surface area contributed by atoms with Crippen LogP contribution in [0.1, 0.15) is 11.5 Å². The van der Waals surface area contributed by atoms with E-state index < -0.39 is 0 Å². The Morgan fingerprint density at radius 3 is 2.78 bits per heavy atom. The van der Waals surface area contributed by atoms with Crippen molar-refractivity contribution in [2.24, 2.45) is 0 Å². The lowest BCUT2D eigenvalue weighted by atomic mass is 10.1. The van der Waals surface area contributed by atoms with Crippen molar-refractivity contribution >= 4 is 11.0 Å². The molecule has 0 saturated heterocycles. The normalized spacial score (nSPS) is 10.7. The van der Waals surface area contributed by atoms with Crippen LogP contribution in [0.4, 0.5) is 0 Å². The number of benzene rings is 1. The monoisotopic (exact) mass is 238 g/mol. The summed E-state index contributed by atoms with van der Waals surface area (Å²) >= 11 is 0. The number of rotatable bonds is 2. The quantitative estimate of drug-likeness (QED) is 0.686. The van der Waals surface area contributed by atoms with Crippen LogP contribution in [0.5, 0.6) is 0 Å². The second-order valence-electron chi connectivity index (χ2n) is 3.95. The number of hydrogen-bond acceptors (Lipinski definition) is 4. The van der Waals surface area contributed by atoms with Gasteiger partial charge in [0, 0.05) is 12.6 Å². The van der Waals surface area contributed by atoms with Crippen molar-refractivity contribution in [2.45, 2.75) is 6.42 Å². The van der Waals surface area contributed by atoms with Crippen LogP contribution in [0, 0.1) is 0 Å². The van der Waals surface area contributed by atoms with Crippen molar-refractivity contribution < 1.29 is 4.42 Å². The molecule has 0 saturated carbocycles. The SMILES string of the molecule is O=c1nc(Cc2ccccc2)oc2cnccc12. The van der Waals surface area contributed by atoms with Gasteiger partial charge < -0.3 is 4.42 Å². The van der Waals surface area contributed by atoms with Crippen LogP contribution in [0.2, 0.25) is 0 Å². The molecule has 1 aromatic carbocycles. The van der Waals surface area contributed by atoms with Gasteiger partial charge >= 0.3 is 0 Å². The van der Waals surface area contributed by atoms with Gasteiger partial charge in [0.25, 0.3) is 5.56 Å². The summed E-state index contributed by atoms with van der Waals surface area (Å²) in [5.41, 5.74) is 1.25. The third kappa shape index (κ3) is 2.00. The van der Waals surface area contributed by atoms with Gasteiger partial charge in [-0.1, -0.05) is 30.3 Å². The highest BCUT2D eigenvalue weighted by Crippen LogP contribution is 2.11. The Hall–Kier alpha value is -2.49. The van der Waals surface area contributed by atoms with E-state index in [-0.39, 0.29) is 5.56 Å². The summed E-state index contributed by atoms with van der Waals surface area (Å²) in [6.07, 6.45) is 3.59. The van der Waals surface area contributed by atoms with E-state index in [1.165, 1.54) is 6.20 Å². The van der Waals surface area contributed by atoms with E-state index in [1.54, 1.807) is 12.3 Å². The molecule has 3 aromatic rings. The van der Waals surface area contributed by atoms with Crippen molar-refractivity contribution in [3.8, 4) is 0 Å². The first kappa shape index (κ1) is 10.7. The Bertz CT molecular complexity index is 735. The standard InChI is InChI=1S/C14H10N2O2/c17-14-11-6-7-15-9-12(11)18-13(16-14)8-10-4-2-1-3-5-10/h1-7,9H,8H2. The molecular formula is C14H10N2O2. The molecule has 0 amide bonds. The van der Waals surface area contributed by atoms with E-state index in [2.05, 4.69) is 9.97 Å². The Kier molecular flexibility index (Phi) is 2.61. The summed E-state index contributed by atoms with van der Waals surface area (Å²) < 4.78 is 5.57. The van der Waals surface area contributed by atoms with Gasteiger partial charge in [-0.2, -0.15) is 4.98 Å². The first-order valence-electron chi connectivity index (χ1n) is 5.60. The van der Waals surface area contributed by atoms with Crippen molar-refractivity contribution in [3.63, 3.8) is 0 Å². The minimum atomic E-state index is -0.274. The first-order chi connectivity index (χ1) is 8.83. The third-order valence-corrected chi connectivity index (χ3v) is 2.67. The maximum atomic E-state index is 11.8. The van der Waals surface area contributed by atoms with Gasteiger partial charge in [0.1, 0.15) is 0 Å². The molecule has 0 aliphatic carbocycles. The maximum absolute atomic E-state index is 11.8. The summed E-state index contributed by atoms with van der Waals surface area (Å²) in [7, 11) is 0. The molecule has 2 heterocycles. The fourth-order valence-corrected chi connectivity index (χ4v) is 1.81. The van der Waals surface area contributed by atoms with Gasteiger partial charge in [-0.15, -0.1) is 0 Å². The summed E-state index contributed by atoms with van der Waals surface area (Å²) in [6.45, 7) is 0. The van der Waals surface area contributed by atoms with Gasteiger partial charge in [-0.05, 0) is 11.6 Å². The molecule has 0 bridgehead atoms. The molecule has 2 aromatic heterocycles. The van der Waals surface area contributed by atoms with Gasteiger partial charge in [-0.25, -0.2) is 0 Å². The minimum absolute atomic E-state index is 0.274. The zero-order valence-electron chi connectivity index (χ0n) is 9.54. The minimum Gasteiger partial charge on any atom is -0.440 e. The first-order valence-corrected chi connectivity index (χ1v) is 5.60. The number of aromatic nitrogens is 2. The van der Waals surface area contributed by atoms with E-state index in [4.69, 9.17) is 4.42 Å². The lowest BCUT2D eigenvalue weighted by Gasteiger charge is -2.01. The van der Waals surface area contributed by atoms with Crippen LogP contribution in [0.15, 0.2) is 58.0 Å². The lowest BCUT2D eigenvalue weighted by Crippen LogP contribution is -2.09. The predicted molar refractivity (Wildman–Crippen MR) is 67.3 cm³/mol. The zero-order chi connectivity index (χ0) is 12.4. The zero-order valence-corrected chi connectivity index (χ0v) is 9.54. The molecule has 0 fully saturated rings. The average Bonchev–Trinajstić information content (AvgIpc) is 2.40. The van der Waals surface area contributed by atoms with E-state index in [1.807, 2.05) is 30.3 Å². The molecule has 4 nitrogen and oxygen atoms in total. The topological polar surface area (TPSA) is 56.0 Å².